The van der Waals surface area contributed by atoms with E-state index in [9.17, 15) is 13.2 Å². The second kappa shape index (κ2) is 5.06. The highest BCUT2D eigenvalue weighted by Gasteiger charge is 2.30. The Labute approximate surface area is 110 Å². The van der Waals surface area contributed by atoms with Crippen molar-refractivity contribution in [2.45, 2.75) is 11.5 Å². The van der Waals surface area contributed by atoms with Gasteiger partial charge in [-0.3, -0.25) is 0 Å². The molecule has 0 radical (unpaired) electrons. The maximum absolute atomic E-state index is 12.6. The van der Waals surface area contributed by atoms with E-state index in [2.05, 4.69) is 25.9 Å². The van der Waals surface area contributed by atoms with Crippen molar-refractivity contribution in [3.05, 3.63) is 47.8 Å². The molecule has 0 N–H and O–H groups in total. The van der Waals surface area contributed by atoms with Gasteiger partial charge in [0.15, 0.2) is 5.82 Å². The van der Waals surface area contributed by atoms with Crippen LogP contribution in [0.1, 0.15) is 11.3 Å². The van der Waals surface area contributed by atoms with E-state index in [0.29, 0.717) is 10.9 Å². The Morgan fingerprint density at radius 2 is 1.94 bits per heavy atom. The van der Waals surface area contributed by atoms with Gasteiger partial charge in [-0.05, 0) is 18.2 Å². The predicted molar refractivity (Wildman–Crippen MR) is 65.1 cm³/mol. The summed E-state index contributed by atoms with van der Waals surface area (Å²) in [5.41, 5.74) is 0.373. The molecule has 0 aliphatic heterocycles. The fourth-order valence-electron chi connectivity index (χ4n) is 1.44. The minimum atomic E-state index is -4.36. The van der Waals surface area contributed by atoms with Gasteiger partial charge in [-0.15, -0.1) is 0 Å². The van der Waals surface area contributed by atoms with E-state index in [1.807, 2.05) is 0 Å². The molecule has 1 aromatic heterocycles. The van der Waals surface area contributed by atoms with Crippen LogP contribution in [0.4, 0.5) is 13.2 Å². The number of hydrogen-bond acceptors (Lipinski definition) is 2. The zero-order valence-corrected chi connectivity index (χ0v) is 10.7. The SMILES string of the molecule is FC(F)(F)c1cccc(-c2nccc(CBr)n2)c1. The fourth-order valence-corrected chi connectivity index (χ4v) is 1.76. The molecule has 0 spiro atoms. The molecule has 0 fully saturated rings. The molecule has 1 heterocycles. The molecule has 2 rings (SSSR count). The molecule has 94 valence electrons. The van der Waals surface area contributed by atoms with E-state index in [-0.39, 0.29) is 5.82 Å². The van der Waals surface area contributed by atoms with Crippen molar-refractivity contribution >= 4 is 15.9 Å². The van der Waals surface area contributed by atoms with Crippen LogP contribution in [0, 0.1) is 0 Å². The molecule has 2 aromatic rings. The summed E-state index contributed by atoms with van der Waals surface area (Å²) in [6.07, 6.45) is -2.83. The van der Waals surface area contributed by atoms with E-state index < -0.39 is 11.7 Å². The van der Waals surface area contributed by atoms with Gasteiger partial charge in [0.1, 0.15) is 0 Å². The number of rotatable bonds is 2. The maximum atomic E-state index is 12.6. The fraction of sp³-hybridized carbons (Fsp3) is 0.167. The van der Waals surface area contributed by atoms with Gasteiger partial charge in [-0.25, -0.2) is 9.97 Å². The van der Waals surface area contributed by atoms with Crippen molar-refractivity contribution in [1.82, 2.24) is 9.97 Å². The Hall–Kier alpha value is -1.43. The summed E-state index contributed by atoms with van der Waals surface area (Å²) in [6, 6.07) is 6.68. The zero-order chi connectivity index (χ0) is 13.2. The molecule has 0 amide bonds. The van der Waals surface area contributed by atoms with Gasteiger partial charge in [0.25, 0.3) is 0 Å². The van der Waals surface area contributed by atoms with Crippen LogP contribution in [-0.4, -0.2) is 9.97 Å². The first-order valence-corrected chi connectivity index (χ1v) is 6.18. The van der Waals surface area contributed by atoms with Gasteiger partial charge >= 0.3 is 6.18 Å². The lowest BCUT2D eigenvalue weighted by Gasteiger charge is -2.08. The summed E-state index contributed by atoms with van der Waals surface area (Å²) in [5.74, 6) is 0.290. The highest BCUT2D eigenvalue weighted by Crippen LogP contribution is 2.31. The summed E-state index contributed by atoms with van der Waals surface area (Å²) in [7, 11) is 0. The number of nitrogens with zero attached hydrogens (tertiary/aromatic N) is 2. The third-order valence-corrected chi connectivity index (χ3v) is 2.87. The number of benzene rings is 1. The number of alkyl halides is 4. The number of halogens is 4. The third kappa shape index (κ3) is 2.87. The Kier molecular flexibility index (Phi) is 3.65. The van der Waals surface area contributed by atoms with Crippen LogP contribution in [0.3, 0.4) is 0 Å². The molecule has 0 atom stereocenters. The molecule has 0 unspecified atom stereocenters. The Bertz CT molecular complexity index is 555. The highest BCUT2D eigenvalue weighted by molar-refractivity contribution is 9.08. The first-order valence-electron chi connectivity index (χ1n) is 5.06. The highest BCUT2D eigenvalue weighted by atomic mass is 79.9. The molecular weight excluding hydrogens is 309 g/mol. The van der Waals surface area contributed by atoms with Gasteiger partial charge in [0, 0.05) is 17.1 Å². The number of hydrogen-bond donors (Lipinski definition) is 0. The maximum Gasteiger partial charge on any atom is 0.416 e. The molecule has 0 aliphatic carbocycles. The van der Waals surface area contributed by atoms with Gasteiger partial charge in [-0.1, -0.05) is 28.1 Å². The smallest absolute Gasteiger partial charge is 0.237 e. The second-order valence-corrected chi connectivity index (χ2v) is 4.14. The molecule has 0 aliphatic rings. The van der Waals surface area contributed by atoms with E-state index >= 15 is 0 Å². The van der Waals surface area contributed by atoms with Crippen molar-refractivity contribution in [1.29, 1.82) is 0 Å². The van der Waals surface area contributed by atoms with Crippen LogP contribution in [0.15, 0.2) is 36.5 Å². The molecule has 0 saturated heterocycles. The van der Waals surface area contributed by atoms with Crippen molar-refractivity contribution in [2.75, 3.05) is 0 Å². The van der Waals surface area contributed by atoms with Gasteiger partial charge in [0.05, 0.1) is 11.3 Å². The topological polar surface area (TPSA) is 25.8 Å². The molecule has 0 bridgehead atoms. The lowest BCUT2D eigenvalue weighted by molar-refractivity contribution is -0.137. The van der Waals surface area contributed by atoms with Crippen LogP contribution < -0.4 is 0 Å². The summed E-state index contributed by atoms with van der Waals surface area (Å²) in [5, 5.41) is 0.529. The zero-order valence-electron chi connectivity index (χ0n) is 9.08. The van der Waals surface area contributed by atoms with Crippen LogP contribution >= 0.6 is 15.9 Å². The Balaban J connectivity index is 2.44. The average molecular weight is 317 g/mol. The van der Waals surface area contributed by atoms with E-state index in [1.54, 1.807) is 12.1 Å². The monoisotopic (exact) mass is 316 g/mol. The largest absolute Gasteiger partial charge is 0.416 e. The van der Waals surface area contributed by atoms with Crippen molar-refractivity contribution in [3.63, 3.8) is 0 Å². The first-order chi connectivity index (χ1) is 8.50. The van der Waals surface area contributed by atoms with E-state index in [1.165, 1.54) is 12.3 Å². The Morgan fingerprint density at radius 3 is 2.61 bits per heavy atom. The van der Waals surface area contributed by atoms with Crippen molar-refractivity contribution < 1.29 is 13.2 Å². The summed E-state index contributed by atoms with van der Waals surface area (Å²) in [6.45, 7) is 0. The molecule has 2 nitrogen and oxygen atoms in total. The van der Waals surface area contributed by atoms with Crippen molar-refractivity contribution in [2.24, 2.45) is 0 Å². The molecule has 1 aromatic carbocycles. The van der Waals surface area contributed by atoms with E-state index in [0.717, 1.165) is 17.8 Å². The van der Waals surface area contributed by atoms with Crippen LogP contribution in [-0.2, 0) is 11.5 Å². The molecule has 0 saturated carbocycles. The number of aromatic nitrogens is 2. The average Bonchev–Trinajstić information content (AvgIpc) is 2.38. The summed E-state index contributed by atoms with van der Waals surface area (Å²) >= 11 is 3.24. The molecular formula is C12H8BrF3N2. The quantitative estimate of drug-likeness (QED) is 0.781. The third-order valence-electron chi connectivity index (χ3n) is 2.30. The second-order valence-electron chi connectivity index (χ2n) is 3.58. The lowest BCUT2D eigenvalue weighted by Crippen LogP contribution is -2.05. The van der Waals surface area contributed by atoms with Crippen molar-refractivity contribution in [3.8, 4) is 11.4 Å². The van der Waals surface area contributed by atoms with Crippen LogP contribution in [0.25, 0.3) is 11.4 Å². The minimum absolute atomic E-state index is 0.290. The Morgan fingerprint density at radius 1 is 1.17 bits per heavy atom. The standard InChI is InChI=1S/C12H8BrF3N2/c13-7-10-4-5-17-11(18-10)8-2-1-3-9(6-8)12(14,15)16/h1-6H,7H2. The van der Waals surface area contributed by atoms with Crippen LogP contribution in [0.5, 0.6) is 0 Å². The van der Waals surface area contributed by atoms with Gasteiger partial charge in [-0.2, -0.15) is 13.2 Å². The van der Waals surface area contributed by atoms with Gasteiger partial charge in [0.2, 0.25) is 0 Å². The van der Waals surface area contributed by atoms with Crippen LogP contribution in [0.2, 0.25) is 0 Å². The minimum Gasteiger partial charge on any atom is -0.237 e. The normalized spacial score (nSPS) is 11.6. The lowest BCUT2D eigenvalue weighted by atomic mass is 10.1. The predicted octanol–water partition coefficient (Wildman–Crippen LogP) is 4.06. The molecule has 18 heavy (non-hydrogen) atoms. The van der Waals surface area contributed by atoms with E-state index in [4.69, 9.17) is 0 Å². The first kappa shape index (κ1) is 13.0. The summed E-state index contributed by atoms with van der Waals surface area (Å²) in [4.78, 5) is 8.14. The molecule has 6 heteroatoms. The summed E-state index contributed by atoms with van der Waals surface area (Å²) < 4.78 is 37.7. The van der Waals surface area contributed by atoms with Gasteiger partial charge < -0.3 is 0 Å².